The molecule has 0 spiro atoms. The third-order valence-electron chi connectivity index (χ3n) is 3.91. The topological polar surface area (TPSA) is 29.0 Å². The average molecular weight is 271 g/mol. The first-order valence-electron chi connectivity index (χ1n) is 7.03. The van der Waals surface area contributed by atoms with Crippen LogP contribution in [0.2, 0.25) is 0 Å². The first kappa shape index (κ1) is 13.0. The first-order valence-corrected chi connectivity index (χ1v) is 7.03. The first-order chi connectivity index (χ1) is 9.70. The summed E-state index contributed by atoms with van der Waals surface area (Å²) in [7, 11) is 2.06. The van der Waals surface area contributed by atoms with Gasteiger partial charge >= 0.3 is 0 Å². The second kappa shape index (κ2) is 5.19. The molecule has 0 N–H and O–H groups in total. The number of fused-ring (bicyclic) bond motifs is 1. The van der Waals surface area contributed by atoms with Crippen molar-refractivity contribution >= 4 is 5.82 Å². The van der Waals surface area contributed by atoms with Crippen molar-refractivity contribution in [1.29, 1.82) is 0 Å². The van der Waals surface area contributed by atoms with Gasteiger partial charge in [-0.1, -0.05) is 6.92 Å². The van der Waals surface area contributed by atoms with Crippen LogP contribution in [0.3, 0.4) is 0 Å². The fourth-order valence-corrected chi connectivity index (χ4v) is 2.86. The molecule has 0 unspecified atom stereocenters. The van der Waals surface area contributed by atoms with Gasteiger partial charge in [-0.3, -0.25) is 4.98 Å². The molecule has 0 bridgehead atoms. The molecule has 3 nitrogen and oxygen atoms in total. The molecule has 104 valence electrons. The van der Waals surface area contributed by atoms with Crippen LogP contribution in [0, 0.1) is 5.82 Å². The minimum atomic E-state index is -0.236. The maximum atomic E-state index is 13.8. The summed E-state index contributed by atoms with van der Waals surface area (Å²) >= 11 is 0. The fraction of sp³-hybridized carbons (Fsp3) is 0.375. The zero-order valence-corrected chi connectivity index (χ0v) is 11.9. The molecule has 1 aliphatic rings. The molecule has 4 heteroatoms. The lowest BCUT2D eigenvalue weighted by Gasteiger charge is -2.26. The lowest BCUT2D eigenvalue weighted by Crippen LogP contribution is -2.25. The maximum Gasteiger partial charge on any atom is 0.145 e. The molecular formula is C16H18FN3. The highest BCUT2D eigenvalue weighted by Crippen LogP contribution is 2.30. The van der Waals surface area contributed by atoms with Gasteiger partial charge in [-0.2, -0.15) is 0 Å². The number of pyridine rings is 2. The molecule has 2 aromatic rings. The Balaban J connectivity index is 2.10. The van der Waals surface area contributed by atoms with Crippen LogP contribution >= 0.6 is 0 Å². The van der Waals surface area contributed by atoms with Gasteiger partial charge < -0.3 is 4.90 Å². The van der Waals surface area contributed by atoms with Crippen molar-refractivity contribution in [3.8, 4) is 11.1 Å². The highest BCUT2D eigenvalue weighted by atomic mass is 19.1. The molecule has 0 amide bonds. The van der Waals surface area contributed by atoms with E-state index in [-0.39, 0.29) is 5.82 Å². The van der Waals surface area contributed by atoms with E-state index in [4.69, 9.17) is 0 Å². The Morgan fingerprint density at radius 2 is 2.15 bits per heavy atom. The standard InChI is InChI=1S/C16H18FN3/c1-3-13-14(9-18-10-15(13)17)12-7-11-5-4-6-20(2)16(11)19-8-12/h7-10H,3-6H2,1-2H3. The quantitative estimate of drug-likeness (QED) is 0.839. The molecule has 20 heavy (non-hydrogen) atoms. The van der Waals surface area contributed by atoms with Crippen molar-refractivity contribution in [3.05, 3.63) is 41.6 Å². The Labute approximate surface area is 118 Å². The number of aryl methyl sites for hydroxylation is 1. The van der Waals surface area contributed by atoms with Gasteiger partial charge in [0, 0.05) is 37.1 Å². The Morgan fingerprint density at radius 1 is 1.30 bits per heavy atom. The molecule has 3 rings (SSSR count). The van der Waals surface area contributed by atoms with E-state index in [0.29, 0.717) is 12.0 Å². The van der Waals surface area contributed by atoms with Crippen molar-refractivity contribution < 1.29 is 4.39 Å². The number of nitrogens with zero attached hydrogens (tertiary/aromatic N) is 3. The molecule has 0 fully saturated rings. The van der Waals surface area contributed by atoms with Crippen molar-refractivity contribution in [2.75, 3.05) is 18.5 Å². The van der Waals surface area contributed by atoms with Gasteiger partial charge in [0.25, 0.3) is 0 Å². The zero-order chi connectivity index (χ0) is 14.1. The zero-order valence-electron chi connectivity index (χ0n) is 11.9. The van der Waals surface area contributed by atoms with E-state index in [1.807, 2.05) is 13.1 Å². The summed E-state index contributed by atoms with van der Waals surface area (Å²) in [6, 6.07) is 2.13. The van der Waals surface area contributed by atoms with Crippen LogP contribution in [0.4, 0.5) is 10.2 Å². The van der Waals surface area contributed by atoms with E-state index in [2.05, 4.69) is 28.0 Å². The van der Waals surface area contributed by atoms with Gasteiger partial charge in [-0.05, 0) is 36.5 Å². The Morgan fingerprint density at radius 3 is 2.95 bits per heavy atom. The monoisotopic (exact) mass is 271 g/mol. The van der Waals surface area contributed by atoms with Gasteiger partial charge in [0.05, 0.1) is 6.20 Å². The summed E-state index contributed by atoms with van der Waals surface area (Å²) in [4.78, 5) is 10.7. The summed E-state index contributed by atoms with van der Waals surface area (Å²) in [5.41, 5.74) is 3.77. The van der Waals surface area contributed by atoms with E-state index in [1.54, 1.807) is 6.20 Å². The van der Waals surface area contributed by atoms with Crippen LogP contribution in [-0.4, -0.2) is 23.6 Å². The molecule has 1 aliphatic heterocycles. The summed E-state index contributed by atoms with van der Waals surface area (Å²) in [6.45, 7) is 3.00. The fourth-order valence-electron chi connectivity index (χ4n) is 2.86. The van der Waals surface area contributed by atoms with Crippen LogP contribution in [-0.2, 0) is 12.8 Å². The third kappa shape index (κ3) is 2.15. The van der Waals surface area contributed by atoms with Crippen LogP contribution in [0.5, 0.6) is 0 Å². The van der Waals surface area contributed by atoms with Gasteiger partial charge in [0.2, 0.25) is 0 Å². The van der Waals surface area contributed by atoms with E-state index >= 15 is 0 Å². The minimum absolute atomic E-state index is 0.236. The summed E-state index contributed by atoms with van der Waals surface area (Å²) in [6.07, 6.45) is 7.66. The molecule has 2 aromatic heterocycles. The molecule has 3 heterocycles. The highest BCUT2D eigenvalue weighted by molar-refractivity contribution is 5.69. The van der Waals surface area contributed by atoms with Crippen LogP contribution < -0.4 is 4.90 Å². The van der Waals surface area contributed by atoms with Crippen molar-refractivity contribution in [1.82, 2.24) is 9.97 Å². The lowest BCUT2D eigenvalue weighted by atomic mass is 9.97. The van der Waals surface area contributed by atoms with E-state index in [1.165, 1.54) is 11.8 Å². The molecular weight excluding hydrogens is 253 g/mol. The van der Waals surface area contributed by atoms with Gasteiger partial charge in [-0.25, -0.2) is 9.37 Å². The Bertz CT molecular complexity index is 640. The predicted octanol–water partition coefficient (Wildman–Crippen LogP) is 3.23. The minimum Gasteiger partial charge on any atom is -0.359 e. The third-order valence-corrected chi connectivity index (χ3v) is 3.91. The molecule has 0 saturated heterocycles. The van der Waals surface area contributed by atoms with Crippen molar-refractivity contribution in [3.63, 3.8) is 0 Å². The molecule has 0 aromatic carbocycles. The van der Waals surface area contributed by atoms with Gasteiger partial charge in [-0.15, -0.1) is 0 Å². The van der Waals surface area contributed by atoms with Crippen LogP contribution in [0.25, 0.3) is 11.1 Å². The largest absolute Gasteiger partial charge is 0.359 e. The van der Waals surface area contributed by atoms with Crippen LogP contribution in [0.15, 0.2) is 24.7 Å². The summed E-state index contributed by atoms with van der Waals surface area (Å²) in [5, 5.41) is 0. The normalized spacial score (nSPS) is 14.2. The molecule has 0 saturated carbocycles. The predicted molar refractivity (Wildman–Crippen MR) is 78.4 cm³/mol. The van der Waals surface area contributed by atoms with Gasteiger partial charge in [0.15, 0.2) is 0 Å². The van der Waals surface area contributed by atoms with E-state index < -0.39 is 0 Å². The van der Waals surface area contributed by atoms with Crippen LogP contribution in [0.1, 0.15) is 24.5 Å². The smallest absolute Gasteiger partial charge is 0.145 e. The molecule has 0 atom stereocenters. The number of hydrogen-bond acceptors (Lipinski definition) is 3. The highest BCUT2D eigenvalue weighted by Gasteiger charge is 2.17. The number of halogens is 1. The number of anilines is 1. The van der Waals surface area contributed by atoms with E-state index in [9.17, 15) is 4.39 Å². The average Bonchev–Trinajstić information content (AvgIpc) is 2.47. The van der Waals surface area contributed by atoms with Gasteiger partial charge in [0.1, 0.15) is 11.6 Å². The molecule has 0 radical (unpaired) electrons. The number of hydrogen-bond donors (Lipinski definition) is 0. The van der Waals surface area contributed by atoms with E-state index in [0.717, 1.165) is 36.3 Å². The SMILES string of the molecule is CCc1c(F)cncc1-c1cnc2c(c1)CCCN2C. The lowest BCUT2D eigenvalue weighted by molar-refractivity contribution is 0.606. The second-order valence-electron chi connectivity index (χ2n) is 5.23. The Kier molecular flexibility index (Phi) is 3.38. The Hall–Kier alpha value is -1.97. The second-order valence-corrected chi connectivity index (χ2v) is 5.23. The summed E-state index contributed by atoms with van der Waals surface area (Å²) < 4.78 is 13.8. The van der Waals surface area contributed by atoms with Crippen molar-refractivity contribution in [2.24, 2.45) is 0 Å². The maximum absolute atomic E-state index is 13.8. The number of aromatic nitrogens is 2. The summed E-state index contributed by atoms with van der Waals surface area (Å²) in [5.74, 6) is 0.808. The number of rotatable bonds is 2. The van der Waals surface area contributed by atoms with Crippen molar-refractivity contribution in [2.45, 2.75) is 26.2 Å². The molecule has 0 aliphatic carbocycles.